The number of ether oxygens (including phenoxy) is 1. The van der Waals surface area contributed by atoms with Gasteiger partial charge >= 0.3 is 5.97 Å². The topological polar surface area (TPSA) is 63.6 Å². The summed E-state index contributed by atoms with van der Waals surface area (Å²) in [5, 5.41) is 11.8. The number of hydrogen-bond donors (Lipinski definition) is 1. The van der Waals surface area contributed by atoms with Crippen LogP contribution in [0.2, 0.25) is 0 Å². The molecule has 1 aliphatic carbocycles. The van der Waals surface area contributed by atoms with E-state index in [4.69, 9.17) is 4.74 Å². The van der Waals surface area contributed by atoms with Gasteiger partial charge in [-0.25, -0.2) is 4.79 Å². The number of allylic oxidation sites excluding steroid dienone is 3. The van der Waals surface area contributed by atoms with Gasteiger partial charge in [0.05, 0.1) is 17.6 Å². The molecule has 1 atom stereocenters. The zero-order valence-electron chi connectivity index (χ0n) is 16.9. The van der Waals surface area contributed by atoms with Crippen LogP contribution < -0.4 is 0 Å². The van der Waals surface area contributed by atoms with E-state index in [1.54, 1.807) is 13.2 Å². The van der Waals surface area contributed by atoms with Gasteiger partial charge in [0.25, 0.3) is 0 Å². The summed E-state index contributed by atoms with van der Waals surface area (Å²) in [6, 6.07) is 1.88. The second-order valence-electron chi connectivity index (χ2n) is 7.32. The molecule has 0 radical (unpaired) electrons. The van der Waals surface area contributed by atoms with Gasteiger partial charge in [-0.1, -0.05) is 33.8 Å². The first-order valence-corrected chi connectivity index (χ1v) is 10.1. The Labute approximate surface area is 165 Å². The lowest BCUT2D eigenvalue weighted by Crippen LogP contribution is -2.34. The molecule has 0 aliphatic heterocycles. The number of aliphatic carboxylic acids is 1. The number of rotatable bonds is 7. The molecule has 0 spiro atoms. The molecule has 0 saturated heterocycles. The molecule has 0 bridgehead atoms. The number of carbonyl (C=O) groups excluding carboxylic acids is 1. The van der Waals surface area contributed by atoms with E-state index in [-0.39, 0.29) is 11.7 Å². The summed E-state index contributed by atoms with van der Waals surface area (Å²) in [6.07, 6.45) is 4.67. The molecule has 1 aromatic heterocycles. The molecule has 4 nitrogen and oxygen atoms in total. The van der Waals surface area contributed by atoms with Gasteiger partial charge in [-0.3, -0.25) is 4.79 Å². The maximum Gasteiger partial charge on any atom is 0.336 e. The van der Waals surface area contributed by atoms with Crippen LogP contribution in [0.3, 0.4) is 0 Å². The van der Waals surface area contributed by atoms with Gasteiger partial charge in [0.15, 0.2) is 5.78 Å². The highest BCUT2D eigenvalue weighted by atomic mass is 32.1. The third-order valence-electron chi connectivity index (χ3n) is 5.29. The quantitative estimate of drug-likeness (QED) is 0.491. The Bertz CT molecular complexity index is 836. The smallest absolute Gasteiger partial charge is 0.336 e. The third kappa shape index (κ3) is 3.93. The predicted octanol–water partition coefficient (Wildman–Crippen LogP) is 5.55. The largest absolute Gasteiger partial charge is 0.500 e. The SMILES string of the molecule is CCC1=C(OC)C(C=CC(=O)c2cc(C)cs2)C(C)(C)C(CC)=C1C(=O)O. The van der Waals surface area contributed by atoms with Gasteiger partial charge in [-0.2, -0.15) is 0 Å². The maximum atomic E-state index is 12.5. The van der Waals surface area contributed by atoms with Crippen molar-refractivity contribution in [3.8, 4) is 0 Å². The summed E-state index contributed by atoms with van der Waals surface area (Å²) in [7, 11) is 1.57. The Morgan fingerprint density at radius 2 is 1.96 bits per heavy atom. The average molecular weight is 389 g/mol. The van der Waals surface area contributed by atoms with Crippen molar-refractivity contribution in [2.45, 2.75) is 47.5 Å². The van der Waals surface area contributed by atoms with Crippen LogP contribution in [0.25, 0.3) is 0 Å². The molecule has 0 amide bonds. The fourth-order valence-corrected chi connectivity index (χ4v) is 4.80. The van der Waals surface area contributed by atoms with Crippen molar-refractivity contribution in [3.63, 3.8) is 0 Å². The van der Waals surface area contributed by atoms with E-state index in [9.17, 15) is 14.7 Å². The summed E-state index contributed by atoms with van der Waals surface area (Å²) in [5.41, 5.74) is 2.58. The molecular weight excluding hydrogens is 360 g/mol. The van der Waals surface area contributed by atoms with Crippen LogP contribution in [-0.2, 0) is 9.53 Å². The summed E-state index contributed by atoms with van der Waals surface area (Å²) in [4.78, 5) is 25.2. The van der Waals surface area contributed by atoms with Crippen LogP contribution in [0.4, 0.5) is 0 Å². The number of aryl methyl sites for hydroxylation is 1. The van der Waals surface area contributed by atoms with Gasteiger partial charge in [0.2, 0.25) is 0 Å². The molecule has 146 valence electrons. The van der Waals surface area contributed by atoms with E-state index in [0.29, 0.717) is 29.1 Å². The van der Waals surface area contributed by atoms with Gasteiger partial charge in [0, 0.05) is 16.9 Å². The molecule has 1 heterocycles. The standard InChI is InChI=1S/C22H28O4S/c1-7-14-19(21(24)25)15(8-2)22(4,5)16(20(14)26-6)9-10-17(23)18-11-13(3)12-27-18/h9-12,16H,7-8H2,1-6H3,(H,24,25). The van der Waals surface area contributed by atoms with E-state index >= 15 is 0 Å². The number of hydrogen-bond acceptors (Lipinski definition) is 4. The molecule has 5 heteroatoms. The Morgan fingerprint density at radius 3 is 2.41 bits per heavy atom. The minimum atomic E-state index is -0.918. The fourth-order valence-electron chi connectivity index (χ4n) is 3.98. The molecule has 2 rings (SSSR count). The van der Waals surface area contributed by atoms with E-state index in [1.807, 2.05) is 52.1 Å². The summed E-state index contributed by atoms with van der Waals surface area (Å²) >= 11 is 1.43. The Kier molecular flexibility index (Phi) is 6.47. The van der Waals surface area contributed by atoms with Crippen molar-refractivity contribution < 1.29 is 19.4 Å². The number of ketones is 1. The summed E-state index contributed by atoms with van der Waals surface area (Å²) < 4.78 is 5.68. The second-order valence-corrected chi connectivity index (χ2v) is 8.24. The molecule has 0 fully saturated rings. The minimum absolute atomic E-state index is 0.0385. The van der Waals surface area contributed by atoms with Gasteiger partial charge in [0.1, 0.15) is 5.76 Å². The van der Waals surface area contributed by atoms with Crippen LogP contribution in [0.5, 0.6) is 0 Å². The first kappa shape index (κ1) is 21.2. The number of carboxylic acids is 1. The molecule has 1 aliphatic rings. The van der Waals surface area contributed by atoms with E-state index < -0.39 is 11.4 Å². The lowest BCUT2D eigenvalue weighted by Gasteiger charge is -2.41. The van der Waals surface area contributed by atoms with Crippen LogP contribution in [0.15, 0.2) is 46.1 Å². The normalized spacial score (nSPS) is 19.7. The van der Waals surface area contributed by atoms with Crippen molar-refractivity contribution in [1.82, 2.24) is 0 Å². The van der Waals surface area contributed by atoms with E-state index in [2.05, 4.69) is 0 Å². The van der Waals surface area contributed by atoms with Gasteiger partial charge < -0.3 is 9.84 Å². The monoisotopic (exact) mass is 388 g/mol. The van der Waals surface area contributed by atoms with E-state index in [0.717, 1.165) is 16.7 Å². The first-order valence-electron chi connectivity index (χ1n) is 9.20. The summed E-state index contributed by atoms with van der Waals surface area (Å²) in [6.45, 7) is 9.92. The highest BCUT2D eigenvalue weighted by Crippen LogP contribution is 2.50. The number of carbonyl (C=O) groups is 2. The van der Waals surface area contributed by atoms with Crippen LogP contribution in [0, 0.1) is 18.3 Å². The van der Waals surface area contributed by atoms with Crippen LogP contribution >= 0.6 is 11.3 Å². The second kappa shape index (κ2) is 8.26. The van der Waals surface area contributed by atoms with Crippen molar-refractivity contribution >= 4 is 23.1 Å². The van der Waals surface area contributed by atoms with Gasteiger partial charge in [-0.05, 0) is 48.4 Å². The fraction of sp³-hybridized carbons (Fsp3) is 0.455. The molecule has 27 heavy (non-hydrogen) atoms. The lowest BCUT2D eigenvalue weighted by atomic mass is 9.64. The van der Waals surface area contributed by atoms with Crippen molar-refractivity contribution in [3.05, 3.63) is 56.5 Å². The number of carboxylic acid groups (broad SMARTS) is 1. The average Bonchev–Trinajstić information content (AvgIpc) is 3.05. The lowest BCUT2D eigenvalue weighted by molar-refractivity contribution is -0.132. The highest BCUT2D eigenvalue weighted by Gasteiger charge is 2.43. The van der Waals surface area contributed by atoms with Crippen molar-refractivity contribution in [2.24, 2.45) is 11.3 Å². The zero-order chi connectivity index (χ0) is 20.4. The maximum absolute atomic E-state index is 12.5. The molecule has 0 aromatic carbocycles. The van der Waals surface area contributed by atoms with Gasteiger partial charge in [-0.15, -0.1) is 11.3 Å². The highest BCUT2D eigenvalue weighted by molar-refractivity contribution is 7.12. The number of methoxy groups -OCH3 is 1. The Balaban J connectivity index is 2.55. The van der Waals surface area contributed by atoms with E-state index in [1.165, 1.54) is 11.3 Å². The molecule has 1 aromatic rings. The molecule has 1 unspecified atom stereocenters. The first-order chi connectivity index (χ1) is 12.7. The van der Waals surface area contributed by atoms with Crippen LogP contribution in [-0.4, -0.2) is 24.0 Å². The van der Waals surface area contributed by atoms with Crippen molar-refractivity contribution in [1.29, 1.82) is 0 Å². The summed E-state index contributed by atoms with van der Waals surface area (Å²) in [5.74, 6) is -0.508. The predicted molar refractivity (Wildman–Crippen MR) is 109 cm³/mol. The van der Waals surface area contributed by atoms with Crippen LogP contribution in [0.1, 0.15) is 55.8 Å². The molecular formula is C22H28O4S. The minimum Gasteiger partial charge on any atom is -0.500 e. The Hall–Kier alpha value is -2.14. The number of thiophene rings is 1. The third-order valence-corrected chi connectivity index (χ3v) is 6.36. The molecule has 1 N–H and O–H groups in total. The molecule has 0 saturated carbocycles. The Morgan fingerprint density at radius 1 is 1.30 bits per heavy atom. The zero-order valence-corrected chi connectivity index (χ0v) is 17.7. The van der Waals surface area contributed by atoms with Crippen molar-refractivity contribution in [2.75, 3.05) is 7.11 Å².